The minimum atomic E-state index is -3.71. The number of sulfonamides is 1. The van der Waals surface area contributed by atoms with Gasteiger partial charge in [0.1, 0.15) is 0 Å². The fourth-order valence-corrected chi connectivity index (χ4v) is 3.16. The van der Waals surface area contributed by atoms with Gasteiger partial charge in [0.25, 0.3) is 5.91 Å². The van der Waals surface area contributed by atoms with Gasteiger partial charge in [0.2, 0.25) is 10.0 Å². The van der Waals surface area contributed by atoms with Crippen molar-refractivity contribution < 1.29 is 13.2 Å². The van der Waals surface area contributed by atoms with Crippen LogP contribution in [0.25, 0.3) is 0 Å². The van der Waals surface area contributed by atoms with Gasteiger partial charge in [0, 0.05) is 12.1 Å². The number of benzene rings is 1. The van der Waals surface area contributed by atoms with Crippen LogP contribution >= 0.6 is 0 Å². The lowest BCUT2D eigenvalue weighted by Crippen LogP contribution is -2.30. The molecule has 1 saturated carbocycles. The molecule has 0 saturated heterocycles. The summed E-state index contributed by atoms with van der Waals surface area (Å²) in [6, 6.07) is 5.66. The van der Waals surface area contributed by atoms with E-state index in [0.29, 0.717) is 23.9 Å². The Morgan fingerprint density at radius 2 is 1.95 bits per heavy atom. The monoisotopic (exact) mass is 296 g/mol. The first-order valence-electron chi connectivity index (χ1n) is 6.79. The quantitative estimate of drug-likeness (QED) is 0.882. The lowest BCUT2D eigenvalue weighted by atomic mass is 9.98. The van der Waals surface area contributed by atoms with E-state index in [2.05, 4.69) is 12.2 Å². The van der Waals surface area contributed by atoms with Gasteiger partial charge >= 0.3 is 0 Å². The second kappa shape index (κ2) is 5.93. The molecule has 0 radical (unpaired) electrons. The number of carbonyl (C=O) groups is 1. The maximum atomic E-state index is 12.0. The third-order valence-corrected chi connectivity index (χ3v) is 4.94. The Balaban J connectivity index is 1.96. The van der Waals surface area contributed by atoms with E-state index in [-0.39, 0.29) is 10.8 Å². The summed E-state index contributed by atoms with van der Waals surface area (Å²) in [6.45, 7) is 2.89. The molecule has 20 heavy (non-hydrogen) atoms. The molecule has 2 unspecified atom stereocenters. The van der Waals surface area contributed by atoms with E-state index in [4.69, 9.17) is 5.14 Å². The van der Waals surface area contributed by atoms with Crippen molar-refractivity contribution in [3.63, 3.8) is 0 Å². The van der Waals surface area contributed by atoms with Crippen LogP contribution in [0, 0.1) is 11.8 Å². The second-order valence-electron chi connectivity index (χ2n) is 5.45. The molecule has 1 aliphatic carbocycles. The number of amides is 1. The Kier molecular flexibility index (Phi) is 4.45. The van der Waals surface area contributed by atoms with Gasteiger partial charge in [-0.25, -0.2) is 13.6 Å². The van der Waals surface area contributed by atoms with Gasteiger partial charge in [0.05, 0.1) is 4.90 Å². The maximum absolute atomic E-state index is 12.0. The first-order chi connectivity index (χ1) is 9.38. The molecule has 1 aromatic carbocycles. The molecule has 0 spiro atoms. The van der Waals surface area contributed by atoms with Crippen molar-refractivity contribution in [3.8, 4) is 0 Å². The van der Waals surface area contributed by atoms with Gasteiger partial charge in [-0.2, -0.15) is 0 Å². The van der Waals surface area contributed by atoms with E-state index in [1.54, 1.807) is 0 Å². The summed E-state index contributed by atoms with van der Waals surface area (Å²) >= 11 is 0. The van der Waals surface area contributed by atoms with Crippen molar-refractivity contribution in [3.05, 3.63) is 29.8 Å². The van der Waals surface area contributed by atoms with Gasteiger partial charge in [-0.1, -0.05) is 19.8 Å². The Hall–Kier alpha value is -1.40. The van der Waals surface area contributed by atoms with E-state index in [0.717, 1.165) is 6.42 Å². The number of carbonyl (C=O) groups excluding carboxylic acids is 1. The molecular weight excluding hydrogens is 276 g/mol. The Morgan fingerprint density at radius 3 is 2.45 bits per heavy atom. The average molecular weight is 296 g/mol. The van der Waals surface area contributed by atoms with Gasteiger partial charge in [0.15, 0.2) is 0 Å². The molecule has 6 heteroatoms. The predicted octanol–water partition coefficient (Wildman–Crippen LogP) is 1.50. The molecule has 0 aromatic heterocycles. The Labute approximate surface area is 119 Å². The maximum Gasteiger partial charge on any atom is 0.251 e. The summed E-state index contributed by atoms with van der Waals surface area (Å²) in [4.78, 5) is 12.0. The summed E-state index contributed by atoms with van der Waals surface area (Å²) in [5, 5.41) is 7.92. The Bertz CT molecular complexity index is 581. The third kappa shape index (κ3) is 3.58. The van der Waals surface area contributed by atoms with Crippen molar-refractivity contribution in [2.45, 2.75) is 31.1 Å². The Morgan fingerprint density at radius 1 is 1.30 bits per heavy atom. The highest BCUT2D eigenvalue weighted by atomic mass is 32.2. The molecule has 1 amide bonds. The van der Waals surface area contributed by atoms with Gasteiger partial charge < -0.3 is 5.32 Å². The molecule has 110 valence electrons. The van der Waals surface area contributed by atoms with Crippen molar-refractivity contribution in [2.24, 2.45) is 17.0 Å². The standard InChI is InChI=1S/C14H20N2O3S/c1-10-3-2-4-12(10)9-16-14(17)11-5-7-13(8-6-11)20(15,18)19/h5-8,10,12H,2-4,9H2,1H3,(H,16,17)(H2,15,18,19). The molecule has 2 atom stereocenters. The summed E-state index contributed by atoms with van der Waals surface area (Å²) in [6.07, 6.45) is 3.61. The summed E-state index contributed by atoms with van der Waals surface area (Å²) in [5.41, 5.74) is 0.447. The number of hydrogen-bond donors (Lipinski definition) is 2. The molecule has 0 heterocycles. The number of rotatable bonds is 4. The first kappa shape index (κ1) is 15.0. The van der Waals surface area contributed by atoms with Crippen LogP contribution in [0.2, 0.25) is 0 Å². The molecule has 2 rings (SSSR count). The lowest BCUT2D eigenvalue weighted by Gasteiger charge is -2.15. The number of nitrogens with one attached hydrogen (secondary N) is 1. The number of nitrogens with two attached hydrogens (primary N) is 1. The van der Waals surface area contributed by atoms with Crippen LogP contribution in [-0.2, 0) is 10.0 Å². The highest BCUT2D eigenvalue weighted by Crippen LogP contribution is 2.30. The fourth-order valence-electron chi connectivity index (χ4n) is 2.65. The summed E-state index contributed by atoms with van der Waals surface area (Å²) in [7, 11) is -3.71. The molecule has 0 aliphatic heterocycles. The van der Waals surface area contributed by atoms with Crippen LogP contribution in [0.15, 0.2) is 29.2 Å². The number of hydrogen-bond acceptors (Lipinski definition) is 3. The molecular formula is C14H20N2O3S. The lowest BCUT2D eigenvalue weighted by molar-refractivity contribution is 0.0944. The average Bonchev–Trinajstić information content (AvgIpc) is 2.81. The largest absolute Gasteiger partial charge is 0.352 e. The zero-order valence-corrected chi connectivity index (χ0v) is 12.3. The normalized spacial score (nSPS) is 22.7. The van der Waals surface area contributed by atoms with Crippen LogP contribution in [0.5, 0.6) is 0 Å². The van der Waals surface area contributed by atoms with Crippen LogP contribution in [0.3, 0.4) is 0 Å². The topological polar surface area (TPSA) is 89.3 Å². The van der Waals surface area contributed by atoms with E-state index >= 15 is 0 Å². The minimum Gasteiger partial charge on any atom is -0.352 e. The first-order valence-corrected chi connectivity index (χ1v) is 8.33. The zero-order chi connectivity index (χ0) is 14.8. The van der Waals surface area contributed by atoms with Crippen molar-refractivity contribution in [1.82, 2.24) is 5.32 Å². The molecule has 0 bridgehead atoms. The second-order valence-corrected chi connectivity index (χ2v) is 7.01. The van der Waals surface area contributed by atoms with E-state index in [1.165, 1.54) is 37.1 Å². The van der Waals surface area contributed by atoms with Crippen LogP contribution in [0.1, 0.15) is 36.5 Å². The van der Waals surface area contributed by atoms with Gasteiger partial charge in [-0.05, 0) is 42.5 Å². The molecule has 1 aromatic rings. The van der Waals surface area contributed by atoms with E-state index in [9.17, 15) is 13.2 Å². The van der Waals surface area contributed by atoms with Crippen molar-refractivity contribution in [1.29, 1.82) is 0 Å². The predicted molar refractivity (Wildman–Crippen MR) is 76.7 cm³/mol. The molecule has 1 fully saturated rings. The van der Waals surface area contributed by atoms with E-state index in [1.807, 2.05) is 0 Å². The molecule has 3 N–H and O–H groups in total. The van der Waals surface area contributed by atoms with Gasteiger partial charge in [-0.15, -0.1) is 0 Å². The van der Waals surface area contributed by atoms with Gasteiger partial charge in [-0.3, -0.25) is 4.79 Å². The molecule has 5 nitrogen and oxygen atoms in total. The van der Waals surface area contributed by atoms with Crippen LogP contribution in [0.4, 0.5) is 0 Å². The van der Waals surface area contributed by atoms with Crippen LogP contribution in [-0.4, -0.2) is 20.9 Å². The van der Waals surface area contributed by atoms with E-state index < -0.39 is 10.0 Å². The summed E-state index contributed by atoms with van der Waals surface area (Å²) in [5.74, 6) is 1.02. The smallest absolute Gasteiger partial charge is 0.251 e. The highest BCUT2D eigenvalue weighted by Gasteiger charge is 2.23. The summed E-state index contributed by atoms with van der Waals surface area (Å²) < 4.78 is 22.3. The van der Waals surface area contributed by atoms with Crippen molar-refractivity contribution in [2.75, 3.05) is 6.54 Å². The van der Waals surface area contributed by atoms with Crippen LogP contribution < -0.4 is 10.5 Å². The minimum absolute atomic E-state index is 0.0125. The third-order valence-electron chi connectivity index (χ3n) is 4.01. The zero-order valence-electron chi connectivity index (χ0n) is 11.5. The molecule has 1 aliphatic rings. The number of primary sulfonamides is 1. The fraction of sp³-hybridized carbons (Fsp3) is 0.500. The van der Waals surface area contributed by atoms with Crippen molar-refractivity contribution >= 4 is 15.9 Å². The highest BCUT2D eigenvalue weighted by molar-refractivity contribution is 7.89. The SMILES string of the molecule is CC1CCCC1CNC(=O)c1ccc(S(N)(=O)=O)cc1.